The number of nitrogens with two attached hydrogens (primary N) is 1. The van der Waals surface area contributed by atoms with Crippen LogP contribution in [-0.2, 0) is 0 Å². The van der Waals surface area contributed by atoms with Crippen LogP contribution < -0.4 is 11.1 Å². The number of hydrogen-bond donors (Lipinski definition) is 2. The lowest BCUT2D eigenvalue weighted by molar-refractivity contribution is 0.403. The average Bonchev–Trinajstić information content (AvgIpc) is 1.84. The third-order valence-electron chi connectivity index (χ3n) is 2.14. The molecule has 2 nitrogen and oxygen atoms in total. The second-order valence-electron chi connectivity index (χ2n) is 3.96. The Morgan fingerprint density at radius 3 is 2.17 bits per heavy atom. The summed E-state index contributed by atoms with van der Waals surface area (Å²) >= 11 is 0. The third-order valence-corrected chi connectivity index (χ3v) is 2.14. The molecule has 3 N–H and O–H groups in total. The van der Waals surface area contributed by atoms with E-state index in [2.05, 4.69) is 32.7 Å². The molecule has 0 fully saturated rings. The second-order valence-corrected chi connectivity index (χ2v) is 3.96. The minimum absolute atomic E-state index is 0.0110. The molecule has 0 aliphatic heterocycles. The van der Waals surface area contributed by atoms with Gasteiger partial charge in [-0.15, -0.1) is 0 Å². The molecule has 12 heavy (non-hydrogen) atoms. The van der Waals surface area contributed by atoms with E-state index in [0.717, 1.165) is 12.1 Å². The maximum absolute atomic E-state index is 5.57. The fraction of sp³-hybridized carbons (Fsp3) is 0.800. The van der Waals surface area contributed by atoms with Gasteiger partial charge >= 0.3 is 0 Å². The number of nitrogens with one attached hydrogen (secondary N) is 1. The molecule has 0 saturated carbocycles. The molecule has 2 unspecified atom stereocenters. The summed E-state index contributed by atoms with van der Waals surface area (Å²) in [5.74, 6) is 1.38. The van der Waals surface area contributed by atoms with Crippen molar-refractivity contribution < 1.29 is 0 Å². The van der Waals surface area contributed by atoms with E-state index in [-0.39, 0.29) is 6.17 Å². The Morgan fingerprint density at radius 1 is 1.33 bits per heavy atom. The highest BCUT2D eigenvalue weighted by atomic mass is 15.0. The Bertz CT molecular complexity index is 139. The smallest absolute Gasteiger partial charge is 0.0711 e. The Labute approximate surface area is 76.2 Å². The highest BCUT2D eigenvalue weighted by Gasteiger charge is 2.08. The van der Waals surface area contributed by atoms with Crippen LogP contribution in [0.25, 0.3) is 0 Å². The van der Waals surface area contributed by atoms with Crippen molar-refractivity contribution in [2.45, 2.75) is 40.3 Å². The van der Waals surface area contributed by atoms with Crippen molar-refractivity contribution in [1.82, 2.24) is 5.32 Å². The van der Waals surface area contributed by atoms with E-state index in [1.807, 2.05) is 6.92 Å². The van der Waals surface area contributed by atoms with Crippen molar-refractivity contribution in [3.8, 4) is 0 Å². The summed E-state index contributed by atoms with van der Waals surface area (Å²) < 4.78 is 0. The Kier molecular flexibility index (Phi) is 4.98. The van der Waals surface area contributed by atoms with Gasteiger partial charge in [-0.2, -0.15) is 0 Å². The summed E-state index contributed by atoms with van der Waals surface area (Å²) in [5, 5.41) is 3.11. The molecule has 0 rings (SSSR count). The van der Waals surface area contributed by atoms with Gasteiger partial charge in [0.25, 0.3) is 0 Å². The minimum Gasteiger partial charge on any atom is -0.374 e. The third kappa shape index (κ3) is 5.19. The van der Waals surface area contributed by atoms with E-state index in [1.165, 1.54) is 0 Å². The Morgan fingerprint density at radius 2 is 1.83 bits per heavy atom. The molecule has 72 valence electrons. The SMILES string of the molecule is C=C(CC(C)C(C)C)NC(C)N. The van der Waals surface area contributed by atoms with Crippen LogP contribution in [0.1, 0.15) is 34.1 Å². The first-order chi connectivity index (χ1) is 5.43. The molecule has 0 heterocycles. The van der Waals surface area contributed by atoms with Crippen molar-refractivity contribution in [1.29, 1.82) is 0 Å². The molecule has 0 aliphatic rings. The van der Waals surface area contributed by atoms with Gasteiger partial charge in [-0.05, 0) is 25.2 Å². The molecule has 2 heteroatoms. The van der Waals surface area contributed by atoms with Gasteiger partial charge in [0.15, 0.2) is 0 Å². The molecule has 0 bridgehead atoms. The molecule has 0 amide bonds. The largest absolute Gasteiger partial charge is 0.374 e. The molecular formula is C10H22N2. The predicted molar refractivity (Wildman–Crippen MR) is 54.5 cm³/mol. The highest BCUT2D eigenvalue weighted by Crippen LogP contribution is 2.16. The van der Waals surface area contributed by atoms with Crippen LogP contribution in [0.2, 0.25) is 0 Å². The van der Waals surface area contributed by atoms with Crippen LogP contribution in [0.4, 0.5) is 0 Å². The van der Waals surface area contributed by atoms with Gasteiger partial charge in [0, 0.05) is 5.70 Å². The van der Waals surface area contributed by atoms with Crippen molar-refractivity contribution in [2.24, 2.45) is 17.6 Å². The van der Waals surface area contributed by atoms with Crippen LogP contribution in [0.15, 0.2) is 12.3 Å². The minimum atomic E-state index is 0.0110. The normalized spacial score (nSPS) is 15.8. The number of hydrogen-bond acceptors (Lipinski definition) is 2. The van der Waals surface area contributed by atoms with Crippen LogP contribution in [0.3, 0.4) is 0 Å². The summed E-state index contributed by atoms with van der Waals surface area (Å²) in [4.78, 5) is 0. The van der Waals surface area contributed by atoms with E-state index in [1.54, 1.807) is 0 Å². The van der Waals surface area contributed by atoms with Crippen molar-refractivity contribution >= 4 is 0 Å². The van der Waals surface area contributed by atoms with E-state index >= 15 is 0 Å². The topological polar surface area (TPSA) is 38.0 Å². The standard InChI is InChI=1S/C10H22N2/c1-7(2)8(3)6-9(4)12-10(5)11/h7-8,10,12H,4,6,11H2,1-3,5H3. The van der Waals surface area contributed by atoms with Crippen molar-refractivity contribution in [2.75, 3.05) is 0 Å². The van der Waals surface area contributed by atoms with Crippen LogP contribution in [0.5, 0.6) is 0 Å². The molecule has 0 radical (unpaired) electrons. The lowest BCUT2D eigenvalue weighted by atomic mass is 9.93. The summed E-state index contributed by atoms with van der Waals surface area (Å²) in [7, 11) is 0. The molecule has 0 aromatic heterocycles. The van der Waals surface area contributed by atoms with E-state index < -0.39 is 0 Å². The van der Waals surface area contributed by atoms with Gasteiger partial charge in [-0.3, -0.25) is 0 Å². The quantitative estimate of drug-likeness (QED) is 0.620. The van der Waals surface area contributed by atoms with Crippen LogP contribution in [-0.4, -0.2) is 6.17 Å². The molecule has 0 aromatic rings. The first-order valence-electron chi connectivity index (χ1n) is 4.63. The Balaban J connectivity index is 3.69. The molecular weight excluding hydrogens is 148 g/mol. The number of allylic oxidation sites excluding steroid dienone is 1. The van der Waals surface area contributed by atoms with Gasteiger partial charge in [0.1, 0.15) is 0 Å². The maximum atomic E-state index is 5.57. The van der Waals surface area contributed by atoms with Crippen molar-refractivity contribution in [3.63, 3.8) is 0 Å². The summed E-state index contributed by atoms with van der Waals surface area (Å²) in [6.45, 7) is 12.5. The molecule has 2 atom stereocenters. The molecule has 0 spiro atoms. The summed E-state index contributed by atoms with van der Waals surface area (Å²) in [6.07, 6.45) is 1.02. The second kappa shape index (κ2) is 5.20. The highest BCUT2D eigenvalue weighted by molar-refractivity contribution is 4.93. The van der Waals surface area contributed by atoms with Gasteiger partial charge in [0.05, 0.1) is 6.17 Å². The Hall–Kier alpha value is -0.500. The fourth-order valence-corrected chi connectivity index (χ4v) is 1.01. The summed E-state index contributed by atoms with van der Waals surface area (Å²) in [5.41, 5.74) is 6.62. The summed E-state index contributed by atoms with van der Waals surface area (Å²) in [6, 6.07) is 0. The first kappa shape index (κ1) is 11.5. The molecule has 0 aromatic carbocycles. The van der Waals surface area contributed by atoms with E-state index in [0.29, 0.717) is 11.8 Å². The predicted octanol–water partition coefficient (Wildman–Crippen LogP) is 2.08. The monoisotopic (exact) mass is 170 g/mol. The zero-order chi connectivity index (χ0) is 9.72. The molecule has 0 aliphatic carbocycles. The van der Waals surface area contributed by atoms with E-state index in [4.69, 9.17) is 5.73 Å². The van der Waals surface area contributed by atoms with Crippen molar-refractivity contribution in [3.05, 3.63) is 12.3 Å². The van der Waals surface area contributed by atoms with Gasteiger partial charge in [-0.1, -0.05) is 27.4 Å². The van der Waals surface area contributed by atoms with Crippen LogP contribution >= 0.6 is 0 Å². The lowest BCUT2D eigenvalue weighted by Gasteiger charge is -2.19. The first-order valence-corrected chi connectivity index (χ1v) is 4.63. The fourth-order valence-electron chi connectivity index (χ4n) is 1.01. The molecule has 0 saturated heterocycles. The van der Waals surface area contributed by atoms with Crippen LogP contribution in [0, 0.1) is 11.8 Å². The maximum Gasteiger partial charge on any atom is 0.0711 e. The van der Waals surface area contributed by atoms with E-state index in [9.17, 15) is 0 Å². The van der Waals surface area contributed by atoms with Gasteiger partial charge in [-0.25, -0.2) is 0 Å². The lowest BCUT2D eigenvalue weighted by Crippen LogP contribution is -2.33. The average molecular weight is 170 g/mol. The zero-order valence-electron chi connectivity index (χ0n) is 8.72. The number of rotatable bonds is 5. The van der Waals surface area contributed by atoms with Gasteiger partial charge < -0.3 is 11.1 Å². The van der Waals surface area contributed by atoms with Gasteiger partial charge in [0.2, 0.25) is 0 Å². The zero-order valence-corrected chi connectivity index (χ0v) is 8.72.